The summed E-state index contributed by atoms with van der Waals surface area (Å²) in [6.45, 7) is 5.40. The number of aryl methyl sites for hydroxylation is 1. The van der Waals surface area contributed by atoms with Crippen LogP contribution in [0.1, 0.15) is 24.0 Å². The zero-order valence-corrected chi connectivity index (χ0v) is 14.1. The lowest BCUT2D eigenvalue weighted by Crippen LogP contribution is -2.36. The van der Waals surface area contributed by atoms with Crippen LogP contribution < -0.4 is 4.90 Å². The Morgan fingerprint density at radius 3 is 2.79 bits per heavy atom. The molecule has 0 radical (unpaired) electrons. The van der Waals surface area contributed by atoms with Gasteiger partial charge in [0.1, 0.15) is 5.82 Å². The summed E-state index contributed by atoms with van der Waals surface area (Å²) < 4.78 is 0. The van der Waals surface area contributed by atoms with E-state index < -0.39 is 0 Å². The molecule has 4 nitrogen and oxygen atoms in total. The highest BCUT2D eigenvalue weighted by molar-refractivity contribution is 5.86. The number of hydrogen-bond acceptors (Lipinski definition) is 3. The molecular formula is C20H23N3O. The Bertz CT molecular complexity index is 746. The van der Waals surface area contributed by atoms with Gasteiger partial charge in [0.2, 0.25) is 5.91 Å². The van der Waals surface area contributed by atoms with Gasteiger partial charge in [-0.15, -0.1) is 0 Å². The number of nitrogens with zero attached hydrogens (tertiary/aromatic N) is 3. The van der Waals surface area contributed by atoms with Crippen molar-refractivity contribution in [3.63, 3.8) is 0 Å². The minimum atomic E-state index is -0.207. The fourth-order valence-corrected chi connectivity index (χ4v) is 4.06. The van der Waals surface area contributed by atoms with E-state index in [1.165, 1.54) is 11.1 Å². The first-order chi connectivity index (χ1) is 11.7. The van der Waals surface area contributed by atoms with E-state index >= 15 is 0 Å². The zero-order chi connectivity index (χ0) is 16.6. The highest BCUT2D eigenvalue weighted by Crippen LogP contribution is 2.42. The van der Waals surface area contributed by atoms with Gasteiger partial charge in [0.25, 0.3) is 0 Å². The minimum Gasteiger partial charge on any atom is -0.356 e. The minimum absolute atomic E-state index is 0.207. The monoisotopic (exact) mass is 321 g/mol. The molecule has 1 aromatic heterocycles. The number of carbonyl (C=O) groups is 1. The van der Waals surface area contributed by atoms with Gasteiger partial charge in [-0.3, -0.25) is 4.79 Å². The molecule has 1 amide bonds. The van der Waals surface area contributed by atoms with Gasteiger partial charge in [-0.25, -0.2) is 4.98 Å². The molecule has 1 atom stereocenters. The normalized spacial score (nSPS) is 23.5. The fraction of sp³-hybridized carbons (Fsp3) is 0.400. The number of carbonyl (C=O) groups excluding carboxylic acids is 1. The quantitative estimate of drug-likeness (QED) is 0.872. The van der Waals surface area contributed by atoms with Crippen molar-refractivity contribution in [3.8, 4) is 0 Å². The molecule has 0 aliphatic carbocycles. The third kappa shape index (κ3) is 2.66. The highest BCUT2D eigenvalue weighted by Gasteiger charge is 2.50. The molecule has 0 bridgehead atoms. The maximum atomic E-state index is 13.1. The lowest BCUT2D eigenvalue weighted by atomic mass is 9.85. The highest BCUT2D eigenvalue weighted by atomic mass is 16.2. The van der Waals surface area contributed by atoms with Crippen LogP contribution in [0.2, 0.25) is 0 Å². The number of amides is 1. The first-order valence-electron chi connectivity index (χ1n) is 8.67. The van der Waals surface area contributed by atoms with Crippen molar-refractivity contribution in [3.05, 3.63) is 59.8 Å². The molecule has 2 aromatic rings. The Morgan fingerprint density at radius 1 is 1.12 bits per heavy atom. The predicted octanol–water partition coefficient (Wildman–Crippen LogP) is 3.02. The van der Waals surface area contributed by atoms with Crippen LogP contribution in [-0.2, 0) is 11.3 Å². The smallest absolute Gasteiger partial charge is 0.231 e. The van der Waals surface area contributed by atoms with Gasteiger partial charge in [0.05, 0.1) is 5.41 Å². The summed E-state index contributed by atoms with van der Waals surface area (Å²) in [7, 11) is 0. The van der Waals surface area contributed by atoms with E-state index in [1.54, 1.807) is 0 Å². The molecule has 4 heteroatoms. The van der Waals surface area contributed by atoms with Gasteiger partial charge in [-0.05, 0) is 37.5 Å². The molecule has 4 rings (SSSR count). The van der Waals surface area contributed by atoms with Crippen LogP contribution in [0, 0.1) is 12.3 Å². The van der Waals surface area contributed by atoms with Crippen LogP contribution in [-0.4, -0.2) is 35.4 Å². The molecule has 2 aliphatic rings. The molecule has 2 saturated heterocycles. The molecule has 24 heavy (non-hydrogen) atoms. The topological polar surface area (TPSA) is 36.4 Å². The molecule has 2 fully saturated rings. The van der Waals surface area contributed by atoms with Crippen LogP contribution in [0.25, 0.3) is 0 Å². The maximum absolute atomic E-state index is 13.1. The molecule has 0 unspecified atom stereocenters. The lowest BCUT2D eigenvalue weighted by Gasteiger charge is -2.24. The first kappa shape index (κ1) is 15.2. The van der Waals surface area contributed by atoms with Crippen LogP contribution >= 0.6 is 0 Å². The molecule has 1 spiro atoms. The van der Waals surface area contributed by atoms with Gasteiger partial charge in [-0.1, -0.05) is 35.9 Å². The zero-order valence-electron chi connectivity index (χ0n) is 14.1. The van der Waals surface area contributed by atoms with E-state index in [0.717, 1.165) is 44.8 Å². The van der Waals surface area contributed by atoms with Crippen molar-refractivity contribution in [2.45, 2.75) is 26.3 Å². The van der Waals surface area contributed by atoms with Crippen LogP contribution in [0.5, 0.6) is 0 Å². The molecule has 2 aliphatic heterocycles. The molecule has 124 valence electrons. The number of likely N-dealkylation sites (tertiary alicyclic amines) is 1. The van der Waals surface area contributed by atoms with Gasteiger partial charge < -0.3 is 9.80 Å². The average Bonchev–Trinajstić information content (AvgIpc) is 3.16. The second-order valence-electron chi connectivity index (χ2n) is 7.11. The summed E-state index contributed by atoms with van der Waals surface area (Å²) in [5.74, 6) is 1.31. The summed E-state index contributed by atoms with van der Waals surface area (Å²) in [5.41, 5.74) is 2.26. The molecule has 3 heterocycles. The summed E-state index contributed by atoms with van der Waals surface area (Å²) in [6.07, 6.45) is 3.72. The predicted molar refractivity (Wildman–Crippen MR) is 94.7 cm³/mol. The Kier molecular flexibility index (Phi) is 3.75. The molecule has 1 aromatic carbocycles. The Balaban J connectivity index is 1.47. The Hall–Kier alpha value is -2.36. The summed E-state index contributed by atoms with van der Waals surface area (Å²) >= 11 is 0. The average molecular weight is 321 g/mol. The van der Waals surface area contributed by atoms with Crippen LogP contribution in [0.4, 0.5) is 5.82 Å². The van der Waals surface area contributed by atoms with E-state index in [-0.39, 0.29) is 5.41 Å². The largest absolute Gasteiger partial charge is 0.356 e. The third-order valence-corrected chi connectivity index (χ3v) is 5.38. The van der Waals surface area contributed by atoms with Gasteiger partial charge in [-0.2, -0.15) is 0 Å². The van der Waals surface area contributed by atoms with Gasteiger partial charge in [0, 0.05) is 32.4 Å². The van der Waals surface area contributed by atoms with Crippen LogP contribution in [0.3, 0.4) is 0 Å². The fourth-order valence-electron chi connectivity index (χ4n) is 4.06. The van der Waals surface area contributed by atoms with E-state index in [4.69, 9.17) is 0 Å². The van der Waals surface area contributed by atoms with Crippen molar-refractivity contribution in [2.75, 3.05) is 24.5 Å². The van der Waals surface area contributed by atoms with E-state index in [1.807, 2.05) is 29.3 Å². The number of rotatable bonds is 3. The molecule has 0 saturated carbocycles. The summed E-state index contributed by atoms with van der Waals surface area (Å²) in [4.78, 5) is 21.8. The first-order valence-corrected chi connectivity index (χ1v) is 8.67. The number of benzene rings is 1. The lowest BCUT2D eigenvalue weighted by molar-refractivity contribution is -0.135. The number of hydrogen-bond donors (Lipinski definition) is 0. The maximum Gasteiger partial charge on any atom is 0.231 e. The van der Waals surface area contributed by atoms with Crippen molar-refractivity contribution in [1.82, 2.24) is 9.88 Å². The van der Waals surface area contributed by atoms with Crippen molar-refractivity contribution >= 4 is 11.7 Å². The number of anilines is 1. The number of aromatic nitrogens is 1. The van der Waals surface area contributed by atoms with E-state index in [0.29, 0.717) is 5.91 Å². The van der Waals surface area contributed by atoms with Gasteiger partial charge in [0.15, 0.2) is 0 Å². The molecular weight excluding hydrogens is 298 g/mol. The van der Waals surface area contributed by atoms with Gasteiger partial charge >= 0.3 is 0 Å². The summed E-state index contributed by atoms with van der Waals surface area (Å²) in [5, 5.41) is 0. The Labute approximate surface area is 143 Å². The van der Waals surface area contributed by atoms with E-state index in [2.05, 4.69) is 41.1 Å². The SMILES string of the molecule is Cc1cccc(CN2CC[C@@]3(CCN(c4ccccn4)C3)C2=O)c1. The molecule has 0 N–H and O–H groups in total. The van der Waals surface area contributed by atoms with Crippen molar-refractivity contribution in [1.29, 1.82) is 0 Å². The second kappa shape index (κ2) is 5.93. The standard InChI is InChI=1S/C20H23N3O/c1-16-5-4-6-17(13-16)14-22-11-8-20(19(22)24)9-12-23(15-20)18-7-2-3-10-21-18/h2-7,10,13H,8-9,11-12,14-15H2,1H3/t20-/m0/s1. The number of pyridine rings is 1. The van der Waals surface area contributed by atoms with Crippen molar-refractivity contribution in [2.24, 2.45) is 5.41 Å². The second-order valence-corrected chi connectivity index (χ2v) is 7.11. The third-order valence-electron chi connectivity index (χ3n) is 5.38. The Morgan fingerprint density at radius 2 is 2.00 bits per heavy atom. The van der Waals surface area contributed by atoms with Crippen LogP contribution in [0.15, 0.2) is 48.7 Å². The summed E-state index contributed by atoms with van der Waals surface area (Å²) in [6, 6.07) is 14.4. The van der Waals surface area contributed by atoms with Crippen molar-refractivity contribution < 1.29 is 4.79 Å². The van der Waals surface area contributed by atoms with E-state index in [9.17, 15) is 4.79 Å².